The van der Waals surface area contributed by atoms with Gasteiger partial charge in [0.25, 0.3) is 0 Å². The number of benzene rings is 1. The van der Waals surface area contributed by atoms with Gasteiger partial charge < -0.3 is 14.2 Å². The molecule has 0 amide bonds. The number of azide groups is 1. The fraction of sp³-hybridized carbons (Fsp3) is 0.286. The summed E-state index contributed by atoms with van der Waals surface area (Å²) in [6.07, 6.45) is 0. The van der Waals surface area contributed by atoms with E-state index in [0.717, 1.165) is 4.68 Å². The quantitative estimate of drug-likeness (QED) is 0.233. The third-order valence-electron chi connectivity index (χ3n) is 2.85. The van der Waals surface area contributed by atoms with Gasteiger partial charge in [-0.2, -0.15) is 4.98 Å². The zero-order chi connectivity index (χ0) is 18.1. The molecule has 1 aromatic carbocycles. The Morgan fingerprint density at radius 1 is 1.24 bits per heavy atom. The molecule has 0 aliphatic rings. The van der Waals surface area contributed by atoms with E-state index < -0.39 is 11.9 Å². The van der Waals surface area contributed by atoms with Crippen LogP contribution in [0, 0.1) is 0 Å². The summed E-state index contributed by atoms with van der Waals surface area (Å²) in [6.45, 7) is -0.0869. The molecule has 0 saturated heterocycles. The lowest BCUT2D eigenvalue weighted by Gasteiger charge is -2.07. The van der Waals surface area contributed by atoms with Gasteiger partial charge in [0, 0.05) is 4.91 Å². The van der Waals surface area contributed by atoms with Crippen molar-refractivity contribution in [3.63, 3.8) is 0 Å². The Kier molecular flexibility index (Phi) is 6.46. The number of ether oxygens (including phenoxy) is 3. The van der Waals surface area contributed by atoms with Crippen molar-refractivity contribution in [3.05, 3.63) is 52.2 Å². The van der Waals surface area contributed by atoms with Crippen LogP contribution in [0.1, 0.15) is 21.0 Å². The number of esters is 2. The maximum atomic E-state index is 11.7. The molecule has 0 fully saturated rings. The van der Waals surface area contributed by atoms with Crippen molar-refractivity contribution in [2.75, 3.05) is 20.3 Å². The van der Waals surface area contributed by atoms with Crippen molar-refractivity contribution >= 4 is 17.9 Å². The average Bonchev–Trinajstić information content (AvgIpc) is 3.04. The van der Waals surface area contributed by atoms with Crippen molar-refractivity contribution in [1.82, 2.24) is 14.8 Å². The molecule has 0 aliphatic carbocycles. The molecule has 11 nitrogen and oxygen atoms in total. The maximum absolute atomic E-state index is 11.7. The van der Waals surface area contributed by atoms with Crippen LogP contribution in [0.4, 0.5) is 5.95 Å². The number of hydrogen-bond donors (Lipinski definition) is 0. The van der Waals surface area contributed by atoms with Gasteiger partial charge in [0.05, 0.1) is 19.3 Å². The highest BCUT2D eigenvalue weighted by Gasteiger charge is 2.17. The molecule has 0 bridgehead atoms. The number of rotatable bonds is 8. The summed E-state index contributed by atoms with van der Waals surface area (Å²) in [5.74, 6) is -1.63. The van der Waals surface area contributed by atoms with Gasteiger partial charge in [-0.3, -0.25) is 0 Å². The summed E-state index contributed by atoms with van der Waals surface area (Å²) in [7, 11) is 1.18. The summed E-state index contributed by atoms with van der Waals surface area (Å²) in [5, 5.41) is 7.01. The molecule has 0 N–H and O–H groups in total. The molecule has 0 spiro atoms. The number of aromatic nitrogens is 3. The molecule has 0 radical (unpaired) electrons. The van der Waals surface area contributed by atoms with Gasteiger partial charge >= 0.3 is 11.9 Å². The van der Waals surface area contributed by atoms with Crippen LogP contribution in [0.5, 0.6) is 0 Å². The van der Waals surface area contributed by atoms with E-state index in [-0.39, 0.29) is 31.7 Å². The van der Waals surface area contributed by atoms with Crippen LogP contribution in [-0.4, -0.2) is 47.0 Å². The molecule has 0 atom stereocenters. The van der Waals surface area contributed by atoms with Gasteiger partial charge in [0.2, 0.25) is 11.8 Å². The van der Waals surface area contributed by atoms with E-state index in [1.54, 1.807) is 30.3 Å². The maximum Gasteiger partial charge on any atom is 0.375 e. The van der Waals surface area contributed by atoms with E-state index in [0.29, 0.717) is 5.56 Å². The van der Waals surface area contributed by atoms with Crippen molar-refractivity contribution in [1.29, 1.82) is 0 Å². The highest BCUT2D eigenvalue weighted by Crippen LogP contribution is 2.08. The minimum absolute atomic E-state index is 0.0131. The van der Waals surface area contributed by atoms with E-state index in [2.05, 4.69) is 24.8 Å². The Morgan fingerprint density at radius 2 is 2.00 bits per heavy atom. The zero-order valence-electron chi connectivity index (χ0n) is 13.2. The fourth-order valence-electron chi connectivity index (χ4n) is 1.75. The molecule has 1 aromatic heterocycles. The summed E-state index contributed by atoms with van der Waals surface area (Å²) < 4.78 is 15.9. The topological polar surface area (TPSA) is 141 Å². The first-order valence-corrected chi connectivity index (χ1v) is 7.04. The van der Waals surface area contributed by atoms with Crippen molar-refractivity contribution in [2.24, 2.45) is 5.11 Å². The molecule has 2 aromatic rings. The van der Waals surface area contributed by atoms with E-state index in [4.69, 9.17) is 15.0 Å². The number of methoxy groups -OCH3 is 1. The lowest BCUT2D eigenvalue weighted by Crippen LogP contribution is -2.17. The van der Waals surface area contributed by atoms with Crippen LogP contribution in [0.3, 0.4) is 0 Å². The minimum atomic E-state index is -0.758. The third-order valence-corrected chi connectivity index (χ3v) is 2.85. The van der Waals surface area contributed by atoms with E-state index >= 15 is 0 Å². The molecule has 11 heteroatoms. The number of nitrogens with zero attached hydrogens (tertiary/aromatic N) is 6. The lowest BCUT2D eigenvalue weighted by molar-refractivity contribution is 0.0129. The Hall–Kier alpha value is -3.43. The zero-order valence-corrected chi connectivity index (χ0v) is 13.2. The number of carbonyl (C=O) groups excluding carboxylic acids is 2. The van der Waals surface area contributed by atoms with Crippen molar-refractivity contribution in [2.45, 2.75) is 6.73 Å². The second-order valence-electron chi connectivity index (χ2n) is 4.46. The molecule has 1 heterocycles. The largest absolute Gasteiger partial charge is 0.463 e. The second-order valence-corrected chi connectivity index (χ2v) is 4.46. The van der Waals surface area contributed by atoms with Gasteiger partial charge in [-0.15, -0.1) is 5.10 Å². The standard InChI is InChI=1S/C14H14N6O5/c1-23-13(22)11-16-14(17-19-15)18-20(11)9-24-7-8-25-12(21)10-5-3-2-4-6-10/h2-6H,7-9H2,1H3. The fourth-order valence-corrected chi connectivity index (χ4v) is 1.75. The first-order valence-electron chi connectivity index (χ1n) is 7.04. The summed E-state index contributed by atoms with van der Waals surface area (Å²) in [6, 6.07) is 8.53. The summed E-state index contributed by atoms with van der Waals surface area (Å²) >= 11 is 0. The van der Waals surface area contributed by atoms with Crippen LogP contribution in [0.15, 0.2) is 35.4 Å². The van der Waals surface area contributed by atoms with Crippen LogP contribution in [0.25, 0.3) is 10.4 Å². The molecule has 0 aliphatic heterocycles. The summed E-state index contributed by atoms with van der Waals surface area (Å²) in [4.78, 5) is 29.6. The molecular formula is C14H14N6O5. The minimum Gasteiger partial charge on any atom is -0.463 e. The monoisotopic (exact) mass is 346 g/mol. The average molecular weight is 346 g/mol. The highest BCUT2D eigenvalue weighted by molar-refractivity contribution is 5.89. The van der Waals surface area contributed by atoms with Gasteiger partial charge in [-0.05, 0) is 22.8 Å². The third kappa shape index (κ3) is 5.03. The highest BCUT2D eigenvalue weighted by atomic mass is 16.6. The normalized spacial score (nSPS) is 9.96. The Labute approximate surface area is 141 Å². The molecular weight excluding hydrogens is 332 g/mol. The first-order chi connectivity index (χ1) is 12.2. The number of hydrogen-bond acceptors (Lipinski definition) is 8. The number of carbonyl (C=O) groups is 2. The second kappa shape index (κ2) is 9.01. The Balaban J connectivity index is 1.84. The van der Waals surface area contributed by atoms with Crippen LogP contribution in [-0.2, 0) is 20.9 Å². The van der Waals surface area contributed by atoms with Crippen molar-refractivity contribution in [3.8, 4) is 0 Å². The molecule has 130 valence electrons. The summed E-state index contributed by atoms with van der Waals surface area (Å²) in [5.41, 5.74) is 8.82. The van der Waals surface area contributed by atoms with Crippen LogP contribution in [0.2, 0.25) is 0 Å². The van der Waals surface area contributed by atoms with Gasteiger partial charge in [-0.1, -0.05) is 18.2 Å². The van der Waals surface area contributed by atoms with Gasteiger partial charge in [0.15, 0.2) is 0 Å². The first kappa shape index (κ1) is 17.9. The SMILES string of the molecule is COC(=O)c1nc(N=[N+]=[N-])nn1COCCOC(=O)c1ccccc1. The molecule has 0 saturated carbocycles. The Bertz CT molecular complexity index is 784. The predicted molar refractivity (Wildman–Crippen MR) is 82.8 cm³/mol. The van der Waals surface area contributed by atoms with E-state index in [1.165, 1.54) is 7.11 Å². The van der Waals surface area contributed by atoms with Crippen LogP contribution < -0.4 is 0 Å². The van der Waals surface area contributed by atoms with E-state index in [9.17, 15) is 9.59 Å². The lowest BCUT2D eigenvalue weighted by atomic mass is 10.2. The van der Waals surface area contributed by atoms with E-state index in [1.807, 2.05) is 0 Å². The van der Waals surface area contributed by atoms with Crippen molar-refractivity contribution < 1.29 is 23.8 Å². The predicted octanol–water partition coefficient (Wildman–Crippen LogP) is 1.84. The molecule has 2 rings (SSSR count). The van der Waals surface area contributed by atoms with Crippen LogP contribution >= 0.6 is 0 Å². The van der Waals surface area contributed by atoms with Gasteiger partial charge in [0.1, 0.15) is 13.3 Å². The van der Waals surface area contributed by atoms with Gasteiger partial charge in [-0.25, -0.2) is 14.3 Å². The molecule has 25 heavy (non-hydrogen) atoms. The Morgan fingerprint density at radius 3 is 2.68 bits per heavy atom. The smallest absolute Gasteiger partial charge is 0.375 e. The molecule has 0 unspecified atom stereocenters.